The molecule has 0 aliphatic rings. The number of halogens is 1. The lowest BCUT2D eigenvalue weighted by Gasteiger charge is -2.09. The van der Waals surface area contributed by atoms with E-state index in [9.17, 15) is 4.79 Å². The number of ether oxygens (including phenoxy) is 2. The van der Waals surface area contributed by atoms with E-state index < -0.39 is 5.97 Å². The predicted octanol–water partition coefficient (Wildman–Crippen LogP) is 4.37. The number of methoxy groups -OCH3 is 2. The minimum Gasteiger partial charge on any atom is -0.496 e. The van der Waals surface area contributed by atoms with E-state index in [1.807, 2.05) is 36.4 Å². The van der Waals surface area contributed by atoms with E-state index in [2.05, 4.69) is 0 Å². The molecule has 0 saturated heterocycles. The van der Waals surface area contributed by atoms with Crippen molar-refractivity contribution >= 4 is 41.1 Å². The topological polar surface area (TPSA) is 35.5 Å². The average molecular weight is 309 g/mol. The molecule has 0 radical (unpaired) electrons. The van der Waals surface area contributed by atoms with Gasteiger partial charge in [-0.3, -0.25) is 0 Å². The van der Waals surface area contributed by atoms with Gasteiger partial charge in [0.05, 0.1) is 18.6 Å². The summed E-state index contributed by atoms with van der Waals surface area (Å²) in [5, 5.41) is 0. The largest absolute Gasteiger partial charge is 0.496 e. The molecule has 3 nitrogen and oxygen atoms in total. The maximum absolute atomic E-state index is 11.9. The van der Waals surface area contributed by atoms with E-state index in [1.165, 1.54) is 25.6 Å². The average Bonchev–Trinajstić information content (AvgIpc) is 2.89. The van der Waals surface area contributed by atoms with Crippen LogP contribution < -0.4 is 4.74 Å². The van der Waals surface area contributed by atoms with Gasteiger partial charge in [-0.1, -0.05) is 29.8 Å². The minimum absolute atomic E-state index is 0.413. The summed E-state index contributed by atoms with van der Waals surface area (Å²) < 4.78 is 10.7. The van der Waals surface area contributed by atoms with Crippen LogP contribution in [0.5, 0.6) is 5.75 Å². The third-order valence-corrected chi connectivity index (χ3v) is 3.89. The van der Waals surface area contributed by atoms with Crippen molar-refractivity contribution in [1.82, 2.24) is 0 Å². The van der Waals surface area contributed by atoms with Gasteiger partial charge in [-0.05, 0) is 29.8 Å². The lowest BCUT2D eigenvalue weighted by molar-refractivity contribution is 0.0597. The second kappa shape index (κ2) is 6.59. The van der Waals surface area contributed by atoms with Crippen LogP contribution in [0.1, 0.15) is 20.8 Å². The number of thiophene rings is 1. The van der Waals surface area contributed by atoms with E-state index in [-0.39, 0.29) is 0 Å². The Morgan fingerprint density at radius 2 is 2.00 bits per heavy atom. The number of benzene rings is 1. The van der Waals surface area contributed by atoms with Crippen LogP contribution in [0.25, 0.3) is 12.2 Å². The van der Waals surface area contributed by atoms with E-state index in [0.717, 1.165) is 14.8 Å². The third kappa shape index (κ3) is 3.21. The monoisotopic (exact) mass is 308 g/mol. The molecule has 5 heteroatoms. The number of esters is 1. The van der Waals surface area contributed by atoms with Crippen molar-refractivity contribution in [1.29, 1.82) is 0 Å². The van der Waals surface area contributed by atoms with Crippen LogP contribution in [-0.2, 0) is 4.74 Å². The van der Waals surface area contributed by atoms with Crippen molar-refractivity contribution in [2.24, 2.45) is 0 Å². The molecule has 0 aliphatic carbocycles. The van der Waals surface area contributed by atoms with Crippen molar-refractivity contribution in [2.45, 2.75) is 0 Å². The smallest absolute Gasteiger partial charge is 0.342 e. The molecule has 0 fully saturated rings. The van der Waals surface area contributed by atoms with Crippen molar-refractivity contribution < 1.29 is 14.3 Å². The van der Waals surface area contributed by atoms with Crippen molar-refractivity contribution in [3.63, 3.8) is 0 Å². The van der Waals surface area contributed by atoms with Crippen molar-refractivity contribution in [3.8, 4) is 5.75 Å². The first-order chi connectivity index (χ1) is 9.65. The van der Waals surface area contributed by atoms with Crippen molar-refractivity contribution in [2.75, 3.05) is 14.2 Å². The van der Waals surface area contributed by atoms with Gasteiger partial charge >= 0.3 is 5.97 Å². The minimum atomic E-state index is -0.425. The highest BCUT2D eigenvalue weighted by Crippen LogP contribution is 2.27. The maximum Gasteiger partial charge on any atom is 0.342 e. The van der Waals surface area contributed by atoms with Gasteiger partial charge in [0, 0.05) is 4.88 Å². The quantitative estimate of drug-likeness (QED) is 0.787. The zero-order valence-electron chi connectivity index (χ0n) is 11.1. The molecule has 0 unspecified atom stereocenters. The van der Waals surface area contributed by atoms with Gasteiger partial charge in [-0.15, -0.1) is 11.3 Å². The van der Waals surface area contributed by atoms with Crippen LogP contribution in [0.3, 0.4) is 0 Å². The molecule has 0 saturated carbocycles. The molecule has 0 atom stereocenters. The zero-order chi connectivity index (χ0) is 14.5. The van der Waals surface area contributed by atoms with Gasteiger partial charge in [-0.25, -0.2) is 4.79 Å². The standard InChI is InChI=1S/C15H13ClO3S/c1-18-12-5-3-4-10(14(12)15(17)19-2)6-7-11-8-9-13(16)20-11/h3-9H,1-2H3. The fourth-order valence-electron chi connectivity index (χ4n) is 1.77. The molecule has 0 bridgehead atoms. The Hall–Kier alpha value is -1.78. The molecular weight excluding hydrogens is 296 g/mol. The second-order valence-corrected chi connectivity index (χ2v) is 5.64. The normalized spacial score (nSPS) is 10.8. The van der Waals surface area contributed by atoms with E-state index in [1.54, 1.807) is 6.07 Å². The Bertz CT molecular complexity index is 646. The number of hydrogen-bond acceptors (Lipinski definition) is 4. The molecule has 1 heterocycles. The molecule has 0 aliphatic heterocycles. The van der Waals surface area contributed by atoms with Gasteiger partial charge in [0.1, 0.15) is 11.3 Å². The summed E-state index contributed by atoms with van der Waals surface area (Å²) in [6.07, 6.45) is 3.74. The fourth-order valence-corrected chi connectivity index (χ4v) is 2.73. The number of carbonyl (C=O) groups excluding carboxylic acids is 1. The van der Waals surface area contributed by atoms with Gasteiger partial charge < -0.3 is 9.47 Å². The van der Waals surface area contributed by atoms with Crippen LogP contribution in [0.15, 0.2) is 30.3 Å². The fraction of sp³-hybridized carbons (Fsp3) is 0.133. The predicted molar refractivity (Wildman–Crippen MR) is 82.6 cm³/mol. The summed E-state index contributed by atoms with van der Waals surface area (Å²) in [6.45, 7) is 0. The summed E-state index contributed by atoms with van der Waals surface area (Å²) >= 11 is 7.35. The maximum atomic E-state index is 11.9. The molecule has 2 rings (SSSR count). The molecule has 2 aromatic rings. The summed E-state index contributed by atoms with van der Waals surface area (Å²) in [4.78, 5) is 12.9. The summed E-state index contributed by atoms with van der Waals surface area (Å²) in [6, 6.07) is 9.14. The Morgan fingerprint density at radius 3 is 2.60 bits per heavy atom. The third-order valence-electron chi connectivity index (χ3n) is 2.69. The van der Waals surface area contributed by atoms with Crippen LogP contribution in [0, 0.1) is 0 Å². The number of rotatable bonds is 4. The lowest BCUT2D eigenvalue weighted by Crippen LogP contribution is -2.06. The van der Waals surface area contributed by atoms with E-state index in [4.69, 9.17) is 21.1 Å². The Labute approximate surface area is 126 Å². The van der Waals surface area contributed by atoms with Crippen LogP contribution in [-0.4, -0.2) is 20.2 Å². The molecule has 20 heavy (non-hydrogen) atoms. The first kappa shape index (κ1) is 14.6. The van der Waals surface area contributed by atoms with Crippen molar-refractivity contribution in [3.05, 3.63) is 50.7 Å². The molecule has 1 aromatic carbocycles. The Morgan fingerprint density at radius 1 is 1.20 bits per heavy atom. The van der Waals surface area contributed by atoms with E-state index >= 15 is 0 Å². The highest BCUT2D eigenvalue weighted by Gasteiger charge is 2.16. The first-order valence-electron chi connectivity index (χ1n) is 5.84. The van der Waals surface area contributed by atoms with Crippen LogP contribution in [0.2, 0.25) is 4.34 Å². The summed E-state index contributed by atoms with van der Waals surface area (Å²) in [7, 11) is 2.87. The molecule has 1 aromatic heterocycles. The second-order valence-electron chi connectivity index (χ2n) is 3.89. The van der Waals surface area contributed by atoms with Crippen LogP contribution in [0.4, 0.5) is 0 Å². The summed E-state index contributed by atoms with van der Waals surface area (Å²) in [5.74, 6) is 0.0644. The molecule has 104 valence electrons. The number of hydrogen-bond donors (Lipinski definition) is 0. The van der Waals surface area contributed by atoms with E-state index in [0.29, 0.717) is 11.3 Å². The first-order valence-corrected chi connectivity index (χ1v) is 7.04. The Balaban J connectivity index is 2.40. The highest BCUT2D eigenvalue weighted by atomic mass is 35.5. The molecule has 0 N–H and O–H groups in total. The Kier molecular flexibility index (Phi) is 4.82. The van der Waals surface area contributed by atoms with Gasteiger partial charge in [0.2, 0.25) is 0 Å². The summed E-state index contributed by atoms with van der Waals surface area (Å²) in [5.41, 5.74) is 1.15. The van der Waals surface area contributed by atoms with Gasteiger partial charge in [0.25, 0.3) is 0 Å². The van der Waals surface area contributed by atoms with Gasteiger partial charge in [0.15, 0.2) is 0 Å². The molecule has 0 amide bonds. The highest BCUT2D eigenvalue weighted by molar-refractivity contribution is 7.17. The van der Waals surface area contributed by atoms with Gasteiger partial charge in [-0.2, -0.15) is 0 Å². The SMILES string of the molecule is COC(=O)c1c(C=Cc2ccc(Cl)s2)cccc1OC. The number of carbonyl (C=O) groups is 1. The molecule has 0 spiro atoms. The van der Waals surface area contributed by atoms with Crippen LogP contribution >= 0.6 is 22.9 Å². The molecular formula is C15H13ClO3S. The zero-order valence-corrected chi connectivity index (χ0v) is 12.6. The lowest BCUT2D eigenvalue weighted by atomic mass is 10.1.